The van der Waals surface area contributed by atoms with Gasteiger partial charge in [-0.1, -0.05) is 12.1 Å². The molecule has 0 bridgehead atoms. The Morgan fingerprint density at radius 2 is 1.76 bits per heavy atom. The SMILES string of the molecule is CC(C)Oc1cc2ccccc2[n+](C(C)C)c1. The molecule has 0 spiro atoms. The molecule has 1 aromatic carbocycles. The fraction of sp³-hybridized carbons (Fsp3) is 0.400. The molecular formula is C15H20NO+. The Bertz CT molecular complexity index is 517. The van der Waals surface area contributed by atoms with E-state index in [0.29, 0.717) is 6.04 Å². The van der Waals surface area contributed by atoms with Crippen LogP contribution in [0.5, 0.6) is 5.75 Å². The number of benzene rings is 1. The number of ether oxygens (including phenoxy) is 1. The maximum atomic E-state index is 5.79. The summed E-state index contributed by atoms with van der Waals surface area (Å²) in [5.41, 5.74) is 1.25. The van der Waals surface area contributed by atoms with Gasteiger partial charge in [0.15, 0.2) is 11.8 Å². The van der Waals surface area contributed by atoms with E-state index in [4.69, 9.17) is 4.74 Å². The summed E-state index contributed by atoms with van der Waals surface area (Å²) in [7, 11) is 0. The normalized spacial score (nSPS) is 11.4. The van der Waals surface area contributed by atoms with Gasteiger partial charge in [-0.15, -0.1) is 0 Å². The third kappa shape index (κ3) is 2.57. The largest absolute Gasteiger partial charge is 0.485 e. The lowest BCUT2D eigenvalue weighted by Crippen LogP contribution is -2.36. The summed E-state index contributed by atoms with van der Waals surface area (Å²) >= 11 is 0. The van der Waals surface area contributed by atoms with Crippen LogP contribution in [0.3, 0.4) is 0 Å². The average molecular weight is 230 g/mol. The Morgan fingerprint density at radius 1 is 1.06 bits per heavy atom. The van der Waals surface area contributed by atoms with Crippen LogP contribution < -0.4 is 9.30 Å². The van der Waals surface area contributed by atoms with Gasteiger partial charge in [-0.2, -0.15) is 4.57 Å². The van der Waals surface area contributed by atoms with Crippen molar-refractivity contribution in [1.29, 1.82) is 0 Å². The van der Waals surface area contributed by atoms with Crippen LogP contribution in [0.15, 0.2) is 36.5 Å². The van der Waals surface area contributed by atoms with E-state index < -0.39 is 0 Å². The van der Waals surface area contributed by atoms with E-state index in [1.165, 1.54) is 10.9 Å². The molecule has 0 saturated heterocycles. The number of hydrogen-bond donors (Lipinski definition) is 0. The Labute approximate surface area is 103 Å². The van der Waals surface area contributed by atoms with Crippen LogP contribution in [0.25, 0.3) is 10.9 Å². The topological polar surface area (TPSA) is 13.1 Å². The number of fused-ring (bicyclic) bond motifs is 1. The molecule has 0 fully saturated rings. The molecule has 0 aliphatic rings. The second-order valence-electron chi connectivity index (χ2n) is 4.90. The Balaban J connectivity index is 2.58. The van der Waals surface area contributed by atoms with Gasteiger partial charge in [-0.3, -0.25) is 0 Å². The molecule has 0 aliphatic heterocycles. The average Bonchev–Trinajstić information content (AvgIpc) is 2.27. The first-order valence-electron chi connectivity index (χ1n) is 6.18. The zero-order valence-electron chi connectivity index (χ0n) is 11.0. The van der Waals surface area contributed by atoms with Gasteiger partial charge in [0.2, 0.25) is 11.7 Å². The summed E-state index contributed by atoms with van der Waals surface area (Å²) in [4.78, 5) is 0. The molecule has 0 saturated carbocycles. The van der Waals surface area contributed by atoms with E-state index >= 15 is 0 Å². The van der Waals surface area contributed by atoms with E-state index in [0.717, 1.165) is 5.75 Å². The molecule has 2 nitrogen and oxygen atoms in total. The number of aromatic nitrogens is 1. The molecule has 0 amide bonds. The highest BCUT2D eigenvalue weighted by atomic mass is 16.5. The van der Waals surface area contributed by atoms with Gasteiger partial charge < -0.3 is 4.74 Å². The maximum absolute atomic E-state index is 5.79. The van der Waals surface area contributed by atoms with Crippen molar-refractivity contribution in [3.63, 3.8) is 0 Å². The van der Waals surface area contributed by atoms with E-state index in [1.807, 2.05) is 0 Å². The summed E-state index contributed by atoms with van der Waals surface area (Å²) in [5, 5.41) is 1.22. The summed E-state index contributed by atoms with van der Waals surface area (Å²) in [6.07, 6.45) is 2.30. The minimum atomic E-state index is 0.205. The number of rotatable bonds is 3. The predicted octanol–water partition coefficient (Wildman–Crippen LogP) is 3.50. The molecule has 0 aliphatic carbocycles. The Morgan fingerprint density at radius 3 is 2.41 bits per heavy atom. The van der Waals surface area contributed by atoms with E-state index in [9.17, 15) is 0 Å². The van der Waals surface area contributed by atoms with Crippen molar-refractivity contribution >= 4 is 10.9 Å². The Kier molecular flexibility index (Phi) is 3.32. The lowest BCUT2D eigenvalue weighted by Gasteiger charge is -2.11. The van der Waals surface area contributed by atoms with Gasteiger partial charge >= 0.3 is 0 Å². The van der Waals surface area contributed by atoms with Gasteiger partial charge in [0.1, 0.15) is 0 Å². The van der Waals surface area contributed by atoms with Crippen LogP contribution in [-0.4, -0.2) is 6.10 Å². The van der Waals surface area contributed by atoms with Crippen molar-refractivity contribution in [3.8, 4) is 5.75 Å². The maximum Gasteiger partial charge on any atom is 0.212 e. The van der Waals surface area contributed by atoms with Gasteiger partial charge in [0, 0.05) is 12.1 Å². The summed E-state index contributed by atoms with van der Waals surface area (Å²) in [5.74, 6) is 0.937. The predicted molar refractivity (Wildman–Crippen MR) is 70.3 cm³/mol. The highest BCUT2D eigenvalue weighted by molar-refractivity contribution is 5.76. The van der Waals surface area contributed by atoms with Crippen molar-refractivity contribution in [2.45, 2.75) is 39.8 Å². The molecule has 0 atom stereocenters. The monoisotopic (exact) mass is 230 g/mol. The standard InChI is InChI=1S/C15H20NO/c1-11(2)16-10-14(17-12(3)4)9-13-7-5-6-8-15(13)16/h5-12H,1-4H3/q+1. The number of para-hydroxylation sites is 1. The highest BCUT2D eigenvalue weighted by Gasteiger charge is 2.15. The fourth-order valence-electron chi connectivity index (χ4n) is 2.01. The molecular weight excluding hydrogens is 210 g/mol. The van der Waals surface area contributed by atoms with Crippen molar-refractivity contribution in [3.05, 3.63) is 36.5 Å². The molecule has 0 unspecified atom stereocenters. The van der Waals surface area contributed by atoms with E-state index in [2.05, 4.69) is 68.8 Å². The molecule has 1 heterocycles. The number of hydrogen-bond acceptors (Lipinski definition) is 1. The third-order valence-corrected chi connectivity index (χ3v) is 2.71. The van der Waals surface area contributed by atoms with Crippen LogP contribution in [-0.2, 0) is 0 Å². The van der Waals surface area contributed by atoms with Crippen LogP contribution in [0, 0.1) is 0 Å². The fourth-order valence-corrected chi connectivity index (χ4v) is 2.01. The first-order chi connectivity index (χ1) is 8.08. The first kappa shape index (κ1) is 11.9. The van der Waals surface area contributed by atoms with Crippen molar-refractivity contribution < 1.29 is 9.30 Å². The van der Waals surface area contributed by atoms with Crippen molar-refractivity contribution in [2.24, 2.45) is 0 Å². The minimum Gasteiger partial charge on any atom is -0.485 e. The van der Waals surface area contributed by atoms with Gasteiger partial charge in [-0.25, -0.2) is 0 Å². The molecule has 90 valence electrons. The molecule has 0 N–H and O–H groups in total. The first-order valence-corrected chi connectivity index (χ1v) is 6.18. The van der Waals surface area contributed by atoms with Crippen LogP contribution in [0.4, 0.5) is 0 Å². The second kappa shape index (κ2) is 4.74. The smallest absolute Gasteiger partial charge is 0.212 e. The third-order valence-electron chi connectivity index (χ3n) is 2.71. The quantitative estimate of drug-likeness (QED) is 0.736. The summed E-state index contributed by atoms with van der Waals surface area (Å²) < 4.78 is 8.05. The molecule has 2 aromatic rings. The van der Waals surface area contributed by atoms with E-state index in [1.54, 1.807) is 0 Å². The van der Waals surface area contributed by atoms with Crippen LogP contribution in [0.1, 0.15) is 33.7 Å². The van der Waals surface area contributed by atoms with Gasteiger partial charge in [-0.05, 0) is 33.8 Å². The van der Waals surface area contributed by atoms with Crippen molar-refractivity contribution in [1.82, 2.24) is 0 Å². The lowest BCUT2D eigenvalue weighted by molar-refractivity contribution is -0.691. The summed E-state index contributed by atoms with van der Waals surface area (Å²) in [6, 6.07) is 10.9. The summed E-state index contributed by atoms with van der Waals surface area (Å²) in [6.45, 7) is 8.47. The zero-order chi connectivity index (χ0) is 12.4. The van der Waals surface area contributed by atoms with Gasteiger partial charge in [0.25, 0.3) is 0 Å². The number of nitrogens with zero attached hydrogens (tertiary/aromatic N) is 1. The molecule has 1 aromatic heterocycles. The van der Waals surface area contributed by atoms with Crippen LogP contribution >= 0.6 is 0 Å². The lowest BCUT2D eigenvalue weighted by atomic mass is 10.2. The molecule has 2 heteroatoms. The molecule has 0 radical (unpaired) electrons. The highest BCUT2D eigenvalue weighted by Crippen LogP contribution is 2.19. The molecule has 17 heavy (non-hydrogen) atoms. The minimum absolute atomic E-state index is 0.205. The van der Waals surface area contributed by atoms with Gasteiger partial charge in [0.05, 0.1) is 11.5 Å². The zero-order valence-corrected chi connectivity index (χ0v) is 11.0. The van der Waals surface area contributed by atoms with E-state index in [-0.39, 0.29) is 6.10 Å². The Hall–Kier alpha value is -1.57. The second-order valence-corrected chi connectivity index (χ2v) is 4.90. The molecule has 2 rings (SSSR count). The van der Waals surface area contributed by atoms with Crippen LogP contribution in [0.2, 0.25) is 0 Å². The van der Waals surface area contributed by atoms with Crippen molar-refractivity contribution in [2.75, 3.05) is 0 Å². The number of pyridine rings is 1.